The standard InChI is InChI=1S/C13H13F3N4S/c1-7-3-4-8(2)9(5-7)21-11-6-10(13(14,15)16)18-12(19-11)20-17/h3-6H,17H2,1-2H3,(H,18,19,20). The number of nitrogen functional groups attached to an aromatic ring is 1. The van der Waals surface area contributed by atoms with Gasteiger partial charge in [0, 0.05) is 11.0 Å². The van der Waals surface area contributed by atoms with Gasteiger partial charge in [-0.25, -0.2) is 15.8 Å². The summed E-state index contributed by atoms with van der Waals surface area (Å²) in [4.78, 5) is 8.10. The van der Waals surface area contributed by atoms with E-state index in [1.807, 2.05) is 32.0 Å². The zero-order valence-corrected chi connectivity index (χ0v) is 12.1. The first kappa shape index (κ1) is 15.6. The Bertz CT molecular complexity index is 658. The highest BCUT2D eigenvalue weighted by molar-refractivity contribution is 7.99. The molecular weight excluding hydrogens is 301 g/mol. The molecule has 0 saturated heterocycles. The molecule has 0 unspecified atom stereocenters. The quantitative estimate of drug-likeness (QED) is 0.515. The molecule has 1 aromatic heterocycles. The number of alkyl halides is 3. The van der Waals surface area contributed by atoms with Crippen molar-refractivity contribution in [1.82, 2.24) is 9.97 Å². The third-order valence-corrected chi connectivity index (χ3v) is 3.76. The predicted octanol–water partition coefficient (Wildman–Crippen LogP) is 3.55. The van der Waals surface area contributed by atoms with Gasteiger partial charge in [0.05, 0.1) is 0 Å². The second kappa shape index (κ2) is 5.90. The minimum atomic E-state index is -4.55. The lowest BCUT2D eigenvalue weighted by atomic mass is 10.2. The Labute approximate surface area is 124 Å². The Morgan fingerprint density at radius 3 is 2.48 bits per heavy atom. The number of nitrogens with two attached hydrogens (primary N) is 1. The van der Waals surface area contributed by atoms with Crippen molar-refractivity contribution in [2.75, 3.05) is 5.43 Å². The highest BCUT2D eigenvalue weighted by Gasteiger charge is 2.33. The van der Waals surface area contributed by atoms with Gasteiger partial charge in [0.25, 0.3) is 0 Å². The van der Waals surface area contributed by atoms with E-state index < -0.39 is 11.9 Å². The number of nitrogens with one attached hydrogen (secondary N) is 1. The predicted molar refractivity (Wildman–Crippen MR) is 74.9 cm³/mol. The molecule has 0 bridgehead atoms. The molecule has 8 heteroatoms. The van der Waals surface area contributed by atoms with Crippen LogP contribution in [0.15, 0.2) is 34.2 Å². The zero-order chi connectivity index (χ0) is 15.6. The van der Waals surface area contributed by atoms with Gasteiger partial charge >= 0.3 is 6.18 Å². The number of anilines is 1. The third-order valence-electron chi connectivity index (χ3n) is 2.68. The van der Waals surface area contributed by atoms with Crippen LogP contribution in [0.3, 0.4) is 0 Å². The van der Waals surface area contributed by atoms with Crippen LogP contribution in [0, 0.1) is 13.8 Å². The van der Waals surface area contributed by atoms with E-state index in [1.165, 1.54) is 0 Å². The van der Waals surface area contributed by atoms with Gasteiger partial charge in [-0.1, -0.05) is 23.9 Å². The molecule has 1 aromatic carbocycles. The molecule has 3 N–H and O–H groups in total. The summed E-state index contributed by atoms with van der Waals surface area (Å²) >= 11 is 1.14. The zero-order valence-electron chi connectivity index (χ0n) is 11.3. The van der Waals surface area contributed by atoms with Crippen molar-refractivity contribution in [3.63, 3.8) is 0 Å². The molecule has 21 heavy (non-hydrogen) atoms. The summed E-state index contributed by atoms with van der Waals surface area (Å²) in [5.41, 5.74) is 3.00. The lowest BCUT2D eigenvalue weighted by molar-refractivity contribution is -0.141. The Kier molecular flexibility index (Phi) is 4.38. The van der Waals surface area contributed by atoms with Crippen molar-refractivity contribution < 1.29 is 13.2 Å². The average molecular weight is 314 g/mol. The number of halogens is 3. The summed E-state index contributed by atoms with van der Waals surface area (Å²) < 4.78 is 38.4. The third kappa shape index (κ3) is 3.85. The summed E-state index contributed by atoms with van der Waals surface area (Å²) in [6, 6.07) is 6.65. The van der Waals surface area contributed by atoms with E-state index in [0.717, 1.165) is 33.9 Å². The van der Waals surface area contributed by atoms with E-state index >= 15 is 0 Å². The first-order valence-corrected chi connectivity index (χ1v) is 6.79. The minimum absolute atomic E-state index is 0.180. The second-order valence-electron chi connectivity index (χ2n) is 4.43. The second-order valence-corrected chi connectivity index (χ2v) is 5.49. The van der Waals surface area contributed by atoms with Crippen LogP contribution < -0.4 is 11.3 Å². The molecule has 0 amide bonds. The van der Waals surface area contributed by atoms with Crippen LogP contribution in [0.25, 0.3) is 0 Å². The summed E-state index contributed by atoms with van der Waals surface area (Å²) in [6.07, 6.45) is -4.55. The fourth-order valence-electron chi connectivity index (χ4n) is 1.62. The first-order valence-electron chi connectivity index (χ1n) is 5.97. The Morgan fingerprint density at radius 2 is 1.86 bits per heavy atom. The number of rotatable bonds is 3. The fourth-order valence-corrected chi connectivity index (χ4v) is 2.62. The molecule has 2 rings (SSSR count). The Morgan fingerprint density at radius 1 is 1.14 bits per heavy atom. The van der Waals surface area contributed by atoms with Crippen LogP contribution in [0.1, 0.15) is 16.8 Å². The van der Waals surface area contributed by atoms with Crippen LogP contribution in [-0.4, -0.2) is 9.97 Å². The molecular formula is C13H13F3N4S. The summed E-state index contributed by atoms with van der Waals surface area (Å²) in [5, 5.41) is 0.180. The number of aromatic nitrogens is 2. The van der Waals surface area contributed by atoms with Crippen LogP contribution in [0.2, 0.25) is 0 Å². The number of nitrogens with zero attached hydrogens (tertiary/aromatic N) is 2. The Hall–Kier alpha value is -1.80. The summed E-state index contributed by atoms with van der Waals surface area (Å²) in [7, 11) is 0. The van der Waals surface area contributed by atoms with E-state index in [9.17, 15) is 13.2 Å². The van der Waals surface area contributed by atoms with Gasteiger partial charge in [-0.05, 0) is 31.0 Å². The molecule has 2 aromatic rings. The van der Waals surface area contributed by atoms with Crippen LogP contribution >= 0.6 is 11.8 Å². The van der Waals surface area contributed by atoms with Crippen molar-refractivity contribution in [1.29, 1.82) is 0 Å². The maximum atomic E-state index is 12.8. The monoisotopic (exact) mass is 314 g/mol. The first-order chi connectivity index (χ1) is 9.79. The van der Waals surface area contributed by atoms with Crippen molar-refractivity contribution in [3.05, 3.63) is 41.1 Å². The summed E-state index contributed by atoms with van der Waals surface area (Å²) in [6.45, 7) is 3.80. The van der Waals surface area contributed by atoms with Gasteiger partial charge in [-0.3, -0.25) is 5.43 Å². The van der Waals surface area contributed by atoms with Gasteiger partial charge in [0.15, 0.2) is 5.69 Å². The van der Waals surface area contributed by atoms with Crippen LogP contribution in [0.4, 0.5) is 19.1 Å². The molecule has 0 spiro atoms. The van der Waals surface area contributed by atoms with Crippen molar-refractivity contribution in [2.24, 2.45) is 5.84 Å². The van der Waals surface area contributed by atoms with Gasteiger partial charge in [-0.15, -0.1) is 0 Å². The topological polar surface area (TPSA) is 63.8 Å². The van der Waals surface area contributed by atoms with Crippen LogP contribution in [0.5, 0.6) is 0 Å². The van der Waals surface area contributed by atoms with E-state index in [4.69, 9.17) is 5.84 Å². The molecule has 1 heterocycles. The molecule has 0 radical (unpaired) electrons. The average Bonchev–Trinajstić information content (AvgIpc) is 2.41. The van der Waals surface area contributed by atoms with E-state index in [0.29, 0.717) is 0 Å². The van der Waals surface area contributed by atoms with Crippen molar-refractivity contribution >= 4 is 17.7 Å². The Balaban J connectivity index is 2.42. The van der Waals surface area contributed by atoms with Crippen LogP contribution in [-0.2, 0) is 6.18 Å². The number of hydrazine groups is 1. The van der Waals surface area contributed by atoms with E-state index in [1.54, 1.807) is 0 Å². The largest absolute Gasteiger partial charge is 0.433 e. The number of benzene rings is 1. The summed E-state index contributed by atoms with van der Waals surface area (Å²) in [5.74, 6) is 4.86. The molecule has 0 aliphatic rings. The maximum absolute atomic E-state index is 12.8. The molecule has 0 aliphatic heterocycles. The minimum Gasteiger partial charge on any atom is -0.292 e. The lowest BCUT2D eigenvalue weighted by Crippen LogP contribution is -2.15. The van der Waals surface area contributed by atoms with Gasteiger partial charge in [-0.2, -0.15) is 13.2 Å². The van der Waals surface area contributed by atoms with E-state index in [-0.39, 0.29) is 11.0 Å². The number of hydrogen-bond donors (Lipinski definition) is 2. The maximum Gasteiger partial charge on any atom is 0.433 e. The molecule has 4 nitrogen and oxygen atoms in total. The van der Waals surface area contributed by atoms with Gasteiger partial charge in [0.1, 0.15) is 5.03 Å². The molecule has 0 atom stereocenters. The smallest absolute Gasteiger partial charge is 0.292 e. The molecule has 0 fully saturated rings. The van der Waals surface area contributed by atoms with E-state index in [2.05, 4.69) is 15.4 Å². The normalized spacial score (nSPS) is 11.5. The SMILES string of the molecule is Cc1ccc(C)c(Sc2cc(C(F)(F)F)nc(NN)n2)c1. The fraction of sp³-hybridized carbons (Fsp3) is 0.231. The molecule has 112 valence electrons. The molecule has 0 saturated carbocycles. The molecule has 0 aliphatic carbocycles. The van der Waals surface area contributed by atoms with Crippen molar-refractivity contribution in [2.45, 2.75) is 29.9 Å². The number of aryl methyl sites for hydroxylation is 2. The number of hydrogen-bond acceptors (Lipinski definition) is 5. The highest BCUT2D eigenvalue weighted by Crippen LogP contribution is 2.34. The van der Waals surface area contributed by atoms with Gasteiger partial charge < -0.3 is 0 Å². The highest BCUT2D eigenvalue weighted by atomic mass is 32.2. The van der Waals surface area contributed by atoms with Crippen molar-refractivity contribution in [3.8, 4) is 0 Å². The van der Waals surface area contributed by atoms with Gasteiger partial charge in [0.2, 0.25) is 5.95 Å². The lowest BCUT2D eigenvalue weighted by Gasteiger charge is -2.11.